The molecule has 9 heteroatoms. The van der Waals surface area contributed by atoms with Gasteiger partial charge >= 0.3 is 5.69 Å². The van der Waals surface area contributed by atoms with Gasteiger partial charge in [-0.1, -0.05) is 24.3 Å². The van der Waals surface area contributed by atoms with Gasteiger partial charge in [-0.15, -0.1) is 5.10 Å². The molecule has 3 aromatic rings. The Kier molecular flexibility index (Phi) is 4.42. The van der Waals surface area contributed by atoms with E-state index in [4.69, 9.17) is 0 Å². The Morgan fingerprint density at radius 3 is 2.77 bits per heavy atom. The molecule has 0 radical (unpaired) electrons. The van der Waals surface area contributed by atoms with Crippen molar-refractivity contribution in [2.45, 2.75) is 19.5 Å². The van der Waals surface area contributed by atoms with Crippen molar-refractivity contribution < 1.29 is 9.18 Å². The predicted molar refractivity (Wildman–Crippen MR) is 109 cm³/mol. The van der Waals surface area contributed by atoms with E-state index in [2.05, 4.69) is 15.4 Å². The van der Waals surface area contributed by atoms with Gasteiger partial charge < -0.3 is 5.32 Å². The maximum Gasteiger partial charge on any atom is 0.352 e. The molecule has 152 valence electrons. The van der Waals surface area contributed by atoms with Crippen LogP contribution in [0.4, 0.5) is 10.3 Å². The van der Waals surface area contributed by atoms with E-state index in [1.165, 1.54) is 21.4 Å². The monoisotopic (exact) mass is 406 g/mol. The fourth-order valence-corrected chi connectivity index (χ4v) is 3.77. The zero-order valence-corrected chi connectivity index (χ0v) is 16.1. The van der Waals surface area contributed by atoms with Crippen molar-refractivity contribution in [1.29, 1.82) is 0 Å². The summed E-state index contributed by atoms with van der Waals surface area (Å²) in [6, 6.07) is 13.5. The summed E-state index contributed by atoms with van der Waals surface area (Å²) in [5.74, 6) is 0.601. The van der Waals surface area contributed by atoms with Gasteiger partial charge in [-0.25, -0.2) is 18.4 Å². The lowest BCUT2D eigenvalue weighted by Gasteiger charge is -2.33. The van der Waals surface area contributed by atoms with Gasteiger partial charge in [0.1, 0.15) is 18.2 Å². The molecule has 30 heavy (non-hydrogen) atoms. The van der Waals surface area contributed by atoms with E-state index >= 15 is 0 Å². The molecule has 1 amide bonds. The minimum absolute atomic E-state index is 0.206. The van der Waals surface area contributed by atoms with Gasteiger partial charge in [0.05, 0.1) is 5.69 Å². The van der Waals surface area contributed by atoms with Crippen molar-refractivity contribution in [3.63, 3.8) is 0 Å². The zero-order valence-electron chi connectivity index (χ0n) is 16.1. The number of hydrogen-bond donors (Lipinski definition) is 1. The number of hydrogen-bond acceptors (Lipinski definition) is 5. The molecule has 8 nitrogen and oxygen atoms in total. The van der Waals surface area contributed by atoms with Crippen molar-refractivity contribution in [2.24, 2.45) is 4.99 Å². The summed E-state index contributed by atoms with van der Waals surface area (Å²) in [6.45, 7) is 1.48. The average molecular weight is 406 g/mol. The first kappa shape index (κ1) is 18.3. The molecule has 0 spiro atoms. The molecule has 0 bridgehead atoms. The molecule has 0 fully saturated rings. The van der Waals surface area contributed by atoms with Crippen molar-refractivity contribution in [3.05, 3.63) is 76.0 Å². The smallest absolute Gasteiger partial charge is 0.350 e. The second kappa shape index (κ2) is 7.25. The molecule has 0 saturated heterocycles. The molecule has 3 heterocycles. The van der Waals surface area contributed by atoms with E-state index in [0.717, 1.165) is 29.9 Å². The number of halogens is 1. The van der Waals surface area contributed by atoms with Gasteiger partial charge in [0.25, 0.3) is 0 Å². The lowest BCUT2D eigenvalue weighted by atomic mass is 10.1. The molecule has 0 atom stereocenters. The van der Waals surface area contributed by atoms with Gasteiger partial charge in [-0.3, -0.25) is 14.7 Å². The van der Waals surface area contributed by atoms with E-state index in [1.54, 1.807) is 12.1 Å². The standard InChI is InChI=1S/C21H19FN6O2/c22-15-8-6-14(7-9-15)12-24-18(29)13-27-21(30)28-17-5-2-1-4-16(17)19-23-10-3-11-26(19)20(28)25-27/h1-2,4-9H,3,10-13H2,(H,24,29). The number of amides is 1. The number of carbonyl (C=O) groups excluding carboxylic acids is 1. The average Bonchev–Trinajstić information content (AvgIpc) is 3.10. The van der Waals surface area contributed by atoms with E-state index in [9.17, 15) is 14.0 Å². The molecular weight excluding hydrogens is 387 g/mol. The van der Waals surface area contributed by atoms with Crippen LogP contribution in [0.5, 0.6) is 0 Å². The minimum Gasteiger partial charge on any atom is -0.350 e. The van der Waals surface area contributed by atoms with Crippen molar-refractivity contribution in [1.82, 2.24) is 19.7 Å². The van der Waals surface area contributed by atoms with Crippen LogP contribution in [0.3, 0.4) is 0 Å². The predicted octanol–water partition coefficient (Wildman–Crippen LogP) is 1.46. The first-order valence-electron chi connectivity index (χ1n) is 9.74. The minimum atomic E-state index is -0.376. The molecule has 1 aromatic heterocycles. The Hall–Kier alpha value is -3.75. The summed E-state index contributed by atoms with van der Waals surface area (Å²) in [6.07, 6.45) is 0.866. The van der Waals surface area contributed by atoms with Crippen LogP contribution in [0.15, 0.2) is 58.3 Å². The van der Waals surface area contributed by atoms with Gasteiger partial charge in [0, 0.05) is 25.2 Å². The molecule has 2 aliphatic rings. The number of para-hydroxylation sites is 1. The summed E-state index contributed by atoms with van der Waals surface area (Å²) in [4.78, 5) is 32.1. The fraction of sp³-hybridized carbons (Fsp3) is 0.238. The molecule has 0 unspecified atom stereocenters. The molecule has 2 aliphatic heterocycles. The molecule has 0 aliphatic carbocycles. The van der Waals surface area contributed by atoms with E-state index in [-0.39, 0.29) is 30.5 Å². The maximum atomic E-state index is 13.1. The second-order valence-electron chi connectivity index (χ2n) is 7.21. The van der Waals surface area contributed by atoms with Crippen molar-refractivity contribution >= 4 is 17.7 Å². The number of anilines is 1. The molecule has 2 aromatic carbocycles. The van der Waals surface area contributed by atoms with Crippen LogP contribution in [-0.4, -0.2) is 39.2 Å². The lowest BCUT2D eigenvalue weighted by Crippen LogP contribution is -2.42. The van der Waals surface area contributed by atoms with Crippen LogP contribution in [0.2, 0.25) is 0 Å². The number of nitrogens with one attached hydrogen (secondary N) is 1. The number of benzene rings is 2. The highest BCUT2D eigenvalue weighted by Crippen LogP contribution is 2.29. The summed E-state index contributed by atoms with van der Waals surface area (Å²) in [5, 5.41) is 7.18. The molecular formula is C21H19FN6O2. The summed E-state index contributed by atoms with van der Waals surface area (Å²) >= 11 is 0. The zero-order chi connectivity index (χ0) is 20.7. The summed E-state index contributed by atoms with van der Waals surface area (Å²) in [5.41, 5.74) is 1.99. The van der Waals surface area contributed by atoms with Gasteiger partial charge in [0.15, 0.2) is 0 Å². The Morgan fingerprint density at radius 2 is 1.93 bits per heavy atom. The Balaban J connectivity index is 1.42. The third-order valence-corrected chi connectivity index (χ3v) is 5.20. The topological polar surface area (TPSA) is 84.5 Å². The number of aromatic nitrogens is 3. The van der Waals surface area contributed by atoms with Gasteiger partial charge in [0.2, 0.25) is 11.9 Å². The fourth-order valence-electron chi connectivity index (χ4n) is 3.77. The number of carbonyl (C=O) groups is 1. The third-order valence-electron chi connectivity index (χ3n) is 5.20. The van der Waals surface area contributed by atoms with Crippen LogP contribution in [-0.2, 0) is 17.9 Å². The first-order chi connectivity index (χ1) is 14.6. The molecule has 1 N–H and O–H groups in total. The summed E-state index contributed by atoms with van der Waals surface area (Å²) < 4.78 is 15.7. The van der Waals surface area contributed by atoms with Crippen LogP contribution in [0.25, 0.3) is 5.69 Å². The van der Waals surface area contributed by atoms with Crippen molar-refractivity contribution in [2.75, 3.05) is 18.0 Å². The largest absolute Gasteiger partial charge is 0.352 e. The highest BCUT2D eigenvalue weighted by molar-refractivity contribution is 6.13. The lowest BCUT2D eigenvalue weighted by molar-refractivity contribution is -0.122. The highest BCUT2D eigenvalue weighted by Gasteiger charge is 2.33. The maximum absolute atomic E-state index is 13.1. The third kappa shape index (κ3) is 3.08. The number of amidine groups is 1. The number of fused-ring (bicyclic) bond motifs is 6. The SMILES string of the molecule is O=C(Cn1nc2n(c1=O)-c1ccccc1C1=NCCCN12)NCc1ccc(F)cc1. The Labute approximate surface area is 171 Å². The number of nitrogens with zero attached hydrogens (tertiary/aromatic N) is 5. The normalized spacial score (nSPS) is 14.4. The highest BCUT2D eigenvalue weighted by atomic mass is 19.1. The quantitative estimate of drug-likeness (QED) is 0.711. The van der Waals surface area contributed by atoms with E-state index < -0.39 is 0 Å². The number of rotatable bonds is 4. The Bertz CT molecular complexity index is 1210. The molecule has 5 rings (SSSR count). The second-order valence-corrected chi connectivity index (χ2v) is 7.21. The van der Waals surface area contributed by atoms with E-state index in [1.807, 2.05) is 29.2 Å². The van der Waals surface area contributed by atoms with Crippen LogP contribution < -0.4 is 15.9 Å². The van der Waals surface area contributed by atoms with Crippen LogP contribution in [0, 0.1) is 5.82 Å². The van der Waals surface area contributed by atoms with E-state index in [0.29, 0.717) is 18.2 Å². The van der Waals surface area contributed by atoms with Crippen LogP contribution in [0.1, 0.15) is 17.5 Å². The first-order valence-corrected chi connectivity index (χ1v) is 9.74. The van der Waals surface area contributed by atoms with Crippen molar-refractivity contribution in [3.8, 4) is 5.69 Å². The Morgan fingerprint density at radius 1 is 1.13 bits per heavy atom. The van der Waals surface area contributed by atoms with Gasteiger partial charge in [-0.05, 0) is 36.2 Å². The van der Waals surface area contributed by atoms with Crippen LogP contribution >= 0.6 is 0 Å². The number of aliphatic imine (C=N–C) groups is 1. The molecule has 0 saturated carbocycles. The summed E-state index contributed by atoms with van der Waals surface area (Å²) in [7, 11) is 0. The van der Waals surface area contributed by atoms with Gasteiger partial charge in [-0.2, -0.15) is 0 Å².